The van der Waals surface area contributed by atoms with Crippen LogP contribution in [-0.2, 0) is 22.4 Å². The molecule has 0 unspecified atom stereocenters. The Kier molecular flexibility index (Phi) is 4.71. The van der Waals surface area contributed by atoms with Crippen molar-refractivity contribution in [3.8, 4) is 0 Å². The summed E-state index contributed by atoms with van der Waals surface area (Å²) in [6.45, 7) is 4.59. The first-order valence-corrected chi connectivity index (χ1v) is 8.48. The fourth-order valence-electron chi connectivity index (χ4n) is 3.79. The SMILES string of the molecule is C=CC(=O)N1CCC(C(=O)NC2(CO)Cc3ccccc3C2)CC1. The Morgan fingerprint density at radius 1 is 1.25 bits per heavy atom. The molecule has 128 valence electrons. The molecular formula is C19H24N2O3. The zero-order valence-electron chi connectivity index (χ0n) is 13.8. The molecule has 1 saturated heterocycles. The van der Waals surface area contributed by atoms with Crippen molar-refractivity contribution in [2.75, 3.05) is 19.7 Å². The fraction of sp³-hybridized carbons (Fsp3) is 0.474. The number of piperidine rings is 1. The lowest BCUT2D eigenvalue weighted by atomic mass is 9.91. The van der Waals surface area contributed by atoms with Crippen LogP contribution in [0.1, 0.15) is 24.0 Å². The second kappa shape index (κ2) is 6.77. The lowest BCUT2D eigenvalue weighted by molar-refractivity contribution is -0.133. The zero-order chi connectivity index (χ0) is 17.2. The van der Waals surface area contributed by atoms with Gasteiger partial charge in [0.2, 0.25) is 11.8 Å². The molecule has 1 aromatic rings. The highest BCUT2D eigenvalue weighted by Crippen LogP contribution is 2.30. The molecule has 1 aliphatic carbocycles. The Bertz CT molecular complexity index is 623. The van der Waals surface area contributed by atoms with Crippen LogP contribution in [0.2, 0.25) is 0 Å². The first kappa shape index (κ1) is 16.7. The average molecular weight is 328 g/mol. The summed E-state index contributed by atoms with van der Waals surface area (Å²) < 4.78 is 0. The van der Waals surface area contributed by atoms with Crippen molar-refractivity contribution >= 4 is 11.8 Å². The number of rotatable bonds is 4. The number of fused-ring (bicyclic) bond motifs is 1. The van der Waals surface area contributed by atoms with Crippen molar-refractivity contribution in [1.29, 1.82) is 0 Å². The molecule has 24 heavy (non-hydrogen) atoms. The van der Waals surface area contributed by atoms with Crippen molar-refractivity contribution in [1.82, 2.24) is 10.2 Å². The van der Waals surface area contributed by atoms with Crippen LogP contribution in [0, 0.1) is 5.92 Å². The van der Waals surface area contributed by atoms with Crippen LogP contribution >= 0.6 is 0 Å². The Balaban J connectivity index is 1.61. The van der Waals surface area contributed by atoms with Gasteiger partial charge in [-0.3, -0.25) is 9.59 Å². The summed E-state index contributed by atoms with van der Waals surface area (Å²) in [5.41, 5.74) is 1.80. The van der Waals surface area contributed by atoms with Crippen LogP contribution in [-0.4, -0.2) is 47.1 Å². The third-order valence-corrected chi connectivity index (χ3v) is 5.22. The third-order valence-electron chi connectivity index (χ3n) is 5.22. The molecule has 0 atom stereocenters. The normalized spacial score (nSPS) is 19.6. The standard InChI is InChI=1S/C19H24N2O3/c1-2-17(23)21-9-7-14(8-10-21)18(24)20-19(13-22)11-15-5-3-4-6-16(15)12-19/h2-6,14,22H,1,7-13H2,(H,20,24). The number of benzene rings is 1. The first-order chi connectivity index (χ1) is 11.6. The number of hydrogen-bond donors (Lipinski definition) is 2. The first-order valence-electron chi connectivity index (χ1n) is 8.48. The number of nitrogens with one attached hydrogen (secondary N) is 1. The molecule has 0 aromatic heterocycles. The van der Waals surface area contributed by atoms with Gasteiger partial charge in [0.15, 0.2) is 0 Å². The van der Waals surface area contributed by atoms with Crippen LogP contribution in [0.25, 0.3) is 0 Å². The Labute approximate surface area is 142 Å². The zero-order valence-corrected chi connectivity index (χ0v) is 13.8. The molecule has 3 rings (SSSR count). The highest BCUT2D eigenvalue weighted by molar-refractivity contribution is 5.87. The number of amides is 2. The molecular weight excluding hydrogens is 304 g/mol. The van der Waals surface area contributed by atoms with E-state index in [9.17, 15) is 14.7 Å². The number of aliphatic hydroxyl groups is 1. The molecule has 5 nitrogen and oxygen atoms in total. The molecule has 5 heteroatoms. The summed E-state index contributed by atoms with van der Waals surface area (Å²) in [6.07, 6.45) is 3.95. The van der Waals surface area contributed by atoms with E-state index in [4.69, 9.17) is 0 Å². The fourth-order valence-corrected chi connectivity index (χ4v) is 3.79. The summed E-state index contributed by atoms with van der Waals surface area (Å²) in [5, 5.41) is 13.0. The third kappa shape index (κ3) is 3.22. The molecule has 2 aliphatic rings. The molecule has 0 saturated carbocycles. The van der Waals surface area contributed by atoms with E-state index in [-0.39, 0.29) is 24.3 Å². The van der Waals surface area contributed by atoms with Gasteiger partial charge in [-0.05, 0) is 42.9 Å². The van der Waals surface area contributed by atoms with E-state index in [1.807, 2.05) is 12.1 Å². The highest BCUT2D eigenvalue weighted by atomic mass is 16.3. The minimum Gasteiger partial charge on any atom is -0.394 e. The largest absolute Gasteiger partial charge is 0.394 e. The summed E-state index contributed by atoms with van der Waals surface area (Å²) in [5.74, 6) is -0.194. The molecule has 0 radical (unpaired) electrons. The van der Waals surface area contributed by atoms with Crippen LogP contribution in [0.3, 0.4) is 0 Å². The van der Waals surface area contributed by atoms with Gasteiger partial charge in [0.05, 0.1) is 12.1 Å². The number of likely N-dealkylation sites (tertiary alicyclic amines) is 1. The Morgan fingerprint density at radius 2 is 1.83 bits per heavy atom. The van der Waals surface area contributed by atoms with Crippen molar-refractivity contribution in [2.24, 2.45) is 5.92 Å². The van der Waals surface area contributed by atoms with Crippen LogP contribution in [0.15, 0.2) is 36.9 Å². The van der Waals surface area contributed by atoms with E-state index in [1.54, 1.807) is 4.90 Å². The van der Waals surface area contributed by atoms with E-state index >= 15 is 0 Å². The van der Waals surface area contributed by atoms with Crippen molar-refractivity contribution in [3.05, 3.63) is 48.0 Å². The molecule has 1 aliphatic heterocycles. The molecule has 0 spiro atoms. The number of aliphatic hydroxyl groups excluding tert-OH is 1. The van der Waals surface area contributed by atoms with Crippen LogP contribution in [0.4, 0.5) is 0 Å². The molecule has 1 heterocycles. The van der Waals surface area contributed by atoms with Crippen molar-refractivity contribution < 1.29 is 14.7 Å². The van der Waals surface area contributed by atoms with Gasteiger partial charge < -0.3 is 15.3 Å². The topological polar surface area (TPSA) is 69.6 Å². The smallest absolute Gasteiger partial charge is 0.245 e. The maximum atomic E-state index is 12.7. The lowest BCUT2D eigenvalue weighted by Crippen LogP contribution is -2.55. The maximum absolute atomic E-state index is 12.7. The number of nitrogens with zero attached hydrogens (tertiary/aromatic N) is 1. The van der Waals surface area contributed by atoms with Gasteiger partial charge in [0.25, 0.3) is 0 Å². The quantitative estimate of drug-likeness (QED) is 0.812. The second-order valence-electron chi connectivity index (χ2n) is 6.85. The summed E-state index contributed by atoms with van der Waals surface area (Å²) >= 11 is 0. The van der Waals surface area contributed by atoms with E-state index < -0.39 is 5.54 Å². The van der Waals surface area contributed by atoms with Gasteiger partial charge in [-0.15, -0.1) is 0 Å². The number of carbonyl (C=O) groups excluding carboxylic acids is 2. The van der Waals surface area contributed by atoms with E-state index in [0.717, 1.165) is 0 Å². The van der Waals surface area contributed by atoms with Gasteiger partial charge in [-0.2, -0.15) is 0 Å². The van der Waals surface area contributed by atoms with Gasteiger partial charge in [-0.25, -0.2) is 0 Å². The molecule has 0 bridgehead atoms. The second-order valence-corrected chi connectivity index (χ2v) is 6.85. The highest BCUT2D eigenvalue weighted by Gasteiger charge is 2.39. The Hall–Kier alpha value is -2.14. The average Bonchev–Trinajstić information content (AvgIpc) is 2.99. The maximum Gasteiger partial charge on any atom is 0.245 e. The molecule has 2 amide bonds. The van der Waals surface area contributed by atoms with E-state index in [2.05, 4.69) is 24.0 Å². The van der Waals surface area contributed by atoms with Crippen molar-refractivity contribution in [2.45, 2.75) is 31.2 Å². The molecule has 1 fully saturated rings. The summed E-state index contributed by atoms with van der Waals surface area (Å²) in [7, 11) is 0. The number of hydrogen-bond acceptors (Lipinski definition) is 3. The van der Waals surface area contributed by atoms with E-state index in [1.165, 1.54) is 17.2 Å². The predicted octanol–water partition coefficient (Wildman–Crippen LogP) is 1.06. The minimum absolute atomic E-state index is 0.0115. The monoisotopic (exact) mass is 328 g/mol. The summed E-state index contributed by atoms with van der Waals surface area (Å²) in [4.78, 5) is 26.0. The lowest BCUT2D eigenvalue weighted by Gasteiger charge is -2.34. The molecule has 1 aromatic carbocycles. The van der Waals surface area contributed by atoms with Crippen LogP contribution < -0.4 is 5.32 Å². The van der Waals surface area contributed by atoms with Gasteiger partial charge in [-0.1, -0.05) is 30.8 Å². The van der Waals surface area contributed by atoms with Gasteiger partial charge in [0, 0.05) is 19.0 Å². The predicted molar refractivity (Wildman–Crippen MR) is 91.3 cm³/mol. The van der Waals surface area contributed by atoms with Crippen molar-refractivity contribution in [3.63, 3.8) is 0 Å². The minimum atomic E-state index is -0.588. The number of carbonyl (C=O) groups is 2. The molecule has 2 N–H and O–H groups in total. The van der Waals surface area contributed by atoms with Crippen LogP contribution in [0.5, 0.6) is 0 Å². The Morgan fingerprint density at radius 3 is 2.33 bits per heavy atom. The van der Waals surface area contributed by atoms with E-state index in [0.29, 0.717) is 38.8 Å². The van der Waals surface area contributed by atoms with Gasteiger partial charge >= 0.3 is 0 Å². The van der Waals surface area contributed by atoms with Gasteiger partial charge in [0.1, 0.15) is 0 Å². The summed E-state index contributed by atoms with van der Waals surface area (Å²) in [6, 6.07) is 8.08.